The molecule has 0 saturated heterocycles. The number of Topliss-reactive ketones (excluding diaryl/α,β-unsaturated/α-hetero) is 1. The molecule has 0 heterocycles. The van der Waals surface area contributed by atoms with Crippen molar-refractivity contribution in [3.63, 3.8) is 0 Å². The zero-order chi connectivity index (χ0) is 28.3. The number of halogens is 9. The highest BCUT2D eigenvalue weighted by molar-refractivity contribution is 5.96. The Morgan fingerprint density at radius 2 is 1.50 bits per heavy atom. The van der Waals surface area contributed by atoms with Gasteiger partial charge in [0.05, 0.1) is 5.56 Å². The third-order valence-electron chi connectivity index (χ3n) is 5.67. The monoisotopic (exact) mass is 538 g/mol. The van der Waals surface area contributed by atoms with E-state index >= 15 is 0 Å². The van der Waals surface area contributed by atoms with E-state index in [2.05, 4.69) is 4.74 Å². The summed E-state index contributed by atoms with van der Waals surface area (Å²) in [6.07, 6.45) is -22.4. The number of carbonyl (C=O) groups is 2. The first kappa shape index (κ1) is 31.5. The molecule has 36 heavy (non-hydrogen) atoms. The molecule has 14 heteroatoms. The van der Waals surface area contributed by atoms with Crippen LogP contribution in [0.3, 0.4) is 0 Å². The average molecular weight is 538 g/mol. The van der Waals surface area contributed by atoms with Crippen LogP contribution in [0.15, 0.2) is 18.2 Å². The lowest BCUT2D eigenvalue weighted by Gasteiger charge is -2.37. The van der Waals surface area contributed by atoms with Gasteiger partial charge in [0.25, 0.3) is 6.10 Å². The molecule has 0 radical (unpaired) electrons. The molecule has 1 aromatic carbocycles. The molecule has 1 aromatic rings. The molecular formula is C22H27F9N2O3. The van der Waals surface area contributed by atoms with E-state index in [4.69, 9.17) is 0 Å². The Morgan fingerprint density at radius 3 is 1.92 bits per heavy atom. The van der Waals surface area contributed by atoms with Crippen LogP contribution in [0.5, 0.6) is 0 Å². The number of hydrogen-bond acceptors (Lipinski definition) is 4. The normalized spacial score (nSPS) is 13.3. The van der Waals surface area contributed by atoms with E-state index in [1.54, 1.807) is 25.8 Å². The van der Waals surface area contributed by atoms with Crippen molar-refractivity contribution in [3.8, 4) is 0 Å². The van der Waals surface area contributed by atoms with Crippen molar-refractivity contribution in [2.75, 3.05) is 20.1 Å². The number of rotatable bonds is 9. The molecule has 206 valence electrons. The molecule has 0 unspecified atom stereocenters. The molecule has 0 atom stereocenters. The predicted octanol–water partition coefficient (Wildman–Crippen LogP) is 6.46. The van der Waals surface area contributed by atoms with Crippen LogP contribution in [-0.2, 0) is 17.5 Å². The highest BCUT2D eigenvalue weighted by Crippen LogP contribution is 2.36. The summed E-state index contributed by atoms with van der Waals surface area (Å²) in [5, 5.41) is 0. The summed E-state index contributed by atoms with van der Waals surface area (Å²) in [5.74, 6) is -0.779. The van der Waals surface area contributed by atoms with Gasteiger partial charge in [-0.1, -0.05) is 6.07 Å². The maximum atomic E-state index is 13.1. The zero-order valence-electron chi connectivity index (χ0n) is 20.2. The van der Waals surface area contributed by atoms with Gasteiger partial charge in [0.15, 0.2) is 5.78 Å². The van der Waals surface area contributed by atoms with E-state index in [0.717, 1.165) is 19.1 Å². The number of alkyl halides is 9. The number of ether oxygens (including phenoxy) is 1. The first-order valence-corrected chi connectivity index (χ1v) is 10.6. The maximum absolute atomic E-state index is 13.1. The summed E-state index contributed by atoms with van der Waals surface area (Å²) in [6.45, 7) is 5.24. The average Bonchev–Trinajstić information content (AvgIpc) is 2.69. The van der Waals surface area contributed by atoms with Crippen LogP contribution in [-0.4, -0.2) is 65.8 Å². The Bertz CT molecular complexity index is 911. The number of nitrogens with zero attached hydrogens (tertiary/aromatic N) is 2. The second kappa shape index (κ2) is 11.3. The topological polar surface area (TPSA) is 49.9 Å². The minimum atomic E-state index is -5.84. The third-order valence-corrected chi connectivity index (χ3v) is 5.67. The fourth-order valence-corrected chi connectivity index (χ4v) is 3.19. The van der Waals surface area contributed by atoms with Gasteiger partial charge in [-0.05, 0) is 58.9 Å². The lowest BCUT2D eigenvalue weighted by molar-refractivity contribution is -0.308. The number of carbonyl (C=O) groups excluding carboxylic acids is 2. The molecule has 0 spiro atoms. The highest BCUT2D eigenvalue weighted by Gasteiger charge is 2.60. The fraction of sp³-hybridized carbons (Fsp3) is 0.636. The van der Waals surface area contributed by atoms with Gasteiger partial charge in [0.2, 0.25) is 0 Å². The summed E-state index contributed by atoms with van der Waals surface area (Å²) in [4.78, 5) is 26.1. The van der Waals surface area contributed by atoms with Crippen LogP contribution < -0.4 is 0 Å². The molecule has 0 bridgehead atoms. The largest absolute Gasteiger partial charge is 0.434 e. The van der Waals surface area contributed by atoms with Crippen LogP contribution >= 0.6 is 0 Å². The fourth-order valence-electron chi connectivity index (χ4n) is 3.19. The SMILES string of the molecule is CCN(CCC(C)(C)N(C)Cc1ccc(C(F)(F)F)c(C(C)=O)c1)C(=O)OC(C(F)(F)F)C(F)(F)F. The molecule has 0 aromatic heterocycles. The molecule has 0 aliphatic rings. The zero-order valence-corrected chi connectivity index (χ0v) is 20.2. The first-order chi connectivity index (χ1) is 16.1. The number of ketones is 1. The molecular weight excluding hydrogens is 511 g/mol. The number of amides is 1. The summed E-state index contributed by atoms with van der Waals surface area (Å²) in [5.41, 5.74) is -2.03. The summed E-state index contributed by atoms with van der Waals surface area (Å²) < 4.78 is 119. The molecule has 0 saturated carbocycles. The van der Waals surface area contributed by atoms with Gasteiger partial charge in [-0.15, -0.1) is 0 Å². The van der Waals surface area contributed by atoms with Gasteiger partial charge >= 0.3 is 24.6 Å². The third kappa shape index (κ3) is 8.56. The van der Waals surface area contributed by atoms with Crippen molar-refractivity contribution in [1.29, 1.82) is 0 Å². The van der Waals surface area contributed by atoms with Crippen LogP contribution in [0.4, 0.5) is 44.3 Å². The molecule has 1 amide bonds. The predicted molar refractivity (Wildman–Crippen MR) is 111 cm³/mol. The van der Waals surface area contributed by atoms with E-state index in [1.807, 2.05) is 0 Å². The molecule has 0 fully saturated rings. The van der Waals surface area contributed by atoms with E-state index in [1.165, 1.54) is 13.0 Å². The summed E-state index contributed by atoms with van der Waals surface area (Å²) in [6, 6.07) is 3.10. The van der Waals surface area contributed by atoms with Crippen LogP contribution in [0.25, 0.3) is 0 Å². The molecule has 1 rings (SSSR count). The Labute approximate surface area is 202 Å². The van der Waals surface area contributed by atoms with Gasteiger partial charge < -0.3 is 9.64 Å². The van der Waals surface area contributed by atoms with Crippen molar-refractivity contribution in [2.24, 2.45) is 0 Å². The first-order valence-electron chi connectivity index (χ1n) is 10.6. The van der Waals surface area contributed by atoms with Gasteiger partial charge in [0.1, 0.15) is 0 Å². The van der Waals surface area contributed by atoms with Crippen molar-refractivity contribution in [3.05, 3.63) is 34.9 Å². The highest BCUT2D eigenvalue weighted by atomic mass is 19.4. The van der Waals surface area contributed by atoms with Gasteiger partial charge in [-0.2, -0.15) is 39.5 Å². The Morgan fingerprint density at radius 1 is 0.972 bits per heavy atom. The summed E-state index contributed by atoms with van der Waals surface area (Å²) in [7, 11) is 1.59. The number of benzene rings is 1. The van der Waals surface area contributed by atoms with Crippen LogP contribution in [0, 0.1) is 0 Å². The summed E-state index contributed by atoms with van der Waals surface area (Å²) >= 11 is 0. The van der Waals surface area contributed by atoms with E-state index in [0.29, 0.717) is 10.5 Å². The quantitative estimate of drug-likeness (QED) is 0.268. The minimum Gasteiger partial charge on any atom is -0.426 e. The second-order valence-electron chi connectivity index (χ2n) is 8.78. The van der Waals surface area contributed by atoms with Gasteiger partial charge in [0, 0.05) is 30.7 Å². The second-order valence-corrected chi connectivity index (χ2v) is 8.78. The smallest absolute Gasteiger partial charge is 0.426 e. The lowest BCUT2D eigenvalue weighted by atomic mass is 9.96. The minimum absolute atomic E-state index is 0.0617. The maximum Gasteiger partial charge on any atom is 0.434 e. The van der Waals surface area contributed by atoms with Crippen LogP contribution in [0.2, 0.25) is 0 Å². The van der Waals surface area contributed by atoms with Crippen molar-refractivity contribution < 1.29 is 53.8 Å². The Kier molecular flexibility index (Phi) is 9.86. The molecule has 5 nitrogen and oxygen atoms in total. The van der Waals surface area contributed by atoms with E-state index in [9.17, 15) is 49.1 Å². The Hall–Kier alpha value is -2.51. The van der Waals surface area contributed by atoms with E-state index in [-0.39, 0.29) is 26.1 Å². The Balaban J connectivity index is 2.95. The standard InChI is InChI=1S/C22H27F9N2O3/c1-6-33(18(35)36-17(21(26,27)28)22(29,30)31)10-9-19(3,4)32(5)12-14-7-8-16(20(23,24)25)15(11-14)13(2)34/h7-8,11,17H,6,9-10,12H2,1-5H3. The van der Waals surface area contributed by atoms with Crippen molar-refractivity contribution >= 4 is 11.9 Å². The molecule has 0 N–H and O–H groups in total. The number of hydrogen-bond donors (Lipinski definition) is 0. The van der Waals surface area contributed by atoms with E-state index < -0.39 is 53.2 Å². The van der Waals surface area contributed by atoms with Crippen molar-refractivity contribution in [1.82, 2.24) is 9.80 Å². The van der Waals surface area contributed by atoms with Gasteiger partial charge in [-0.25, -0.2) is 4.79 Å². The lowest BCUT2D eigenvalue weighted by Crippen LogP contribution is -2.49. The molecule has 0 aliphatic carbocycles. The van der Waals surface area contributed by atoms with Crippen LogP contribution in [0.1, 0.15) is 55.6 Å². The van der Waals surface area contributed by atoms with Gasteiger partial charge in [-0.3, -0.25) is 9.69 Å². The molecule has 0 aliphatic heterocycles. The van der Waals surface area contributed by atoms with Crippen molar-refractivity contribution in [2.45, 2.75) is 70.8 Å².